The first-order valence-electron chi connectivity index (χ1n) is 5.36. The molecule has 16 heavy (non-hydrogen) atoms. The third-order valence-electron chi connectivity index (χ3n) is 2.72. The van der Waals surface area contributed by atoms with Crippen LogP contribution in [0, 0.1) is 5.41 Å². The lowest BCUT2D eigenvalue weighted by molar-refractivity contribution is -0.121. The monoisotopic (exact) mass is 236 g/mol. The number of carbonyl (C=O) groups excluding carboxylic acids is 1. The molecule has 1 fully saturated rings. The van der Waals surface area contributed by atoms with E-state index >= 15 is 0 Å². The number of rotatable bonds is 0. The Labute approximate surface area is 102 Å². The van der Waals surface area contributed by atoms with E-state index in [0.29, 0.717) is 0 Å². The molecule has 1 aliphatic carbocycles. The van der Waals surface area contributed by atoms with Gasteiger partial charge in [-0.3, -0.25) is 4.79 Å². The molecule has 0 bridgehead atoms. The summed E-state index contributed by atoms with van der Waals surface area (Å²) >= 11 is 5.54. The van der Waals surface area contributed by atoms with E-state index in [9.17, 15) is 4.79 Å². The molecule has 86 valence electrons. The first kappa shape index (κ1) is 13.0. The summed E-state index contributed by atoms with van der Waals surface area (Å²) in [5.74, 6) is 0.252. The van der Waals surface area contributed by atoms with Crippen molar-refractivity contribution in [3.05, 3.63) is 47.5 Å². The zero-order valence-corrected chi connectivity index (χ0v) is 10.6. The van der Waals surface area contributed by atoms with Gasteiger partial charge < -0.3 is 0 Å². The third kappa shape index (κ3) is 3.49. The summed E-state index contributed by atoms with van der Waals surface area (Å²) in [4.78, 5) is 11.1. The number of Topliss-reactive ketones (excluding diaryl/α,β-unsaturated/α-hetero) is 1. The van der Waals surface area contributed by atoms with Crippen LogP contribution in [0.25, 0.3) is 0 Å². The predicted octanol–water partition coefficient (Wildman–Crippen LogP) is 4.27. The molecule has 1 saturated carbocycles. The van der Waals surface area contributed by atoms with Crippen molar-refractivity contribution in [2.75, 3.05) is 0 Å². The van der Waals surface area contributed by atoms with E-state index in [0.717, 1.165) is 23.4 Å². The molecule has 2 rings (SSSR count). The SMILES string of the molecule is C=C1CCC(C)(C)C1=O.Clc1ccccc1. The number of hydrogen-bond acceptors (Lipinski definition) is 1. The van der Waals surface area contributed by atoms with Crippen LogP contribution in [0.2, 0.25) is 5.02 Å². The van der Waals surface area contributed by atoms with Gasteiger partial charge in [-0.15, -0.1) is 0 Å². The van der Waals surface area contributed by atoms with Crippen molar-refractivity contribution in [1.29, 1.82) is 0 Å². The van der Waals surface area contributed by atoms with Crippen LogP contribution < -0.4 is 0 Å². The van der Waals surface area contributed by atoms with Gasteiger partial charge in [0.05, 0.1) is 0 Å². The van der Waals surface area contributed by atoms with E-state index in [1.54, 1.807) is 0 Å². The summed E-state index contributed by atoms with van der Waals surface area (Å²) in [6, 6.07) is 9.44. The lowest BCUT2D eigenvalue weighted by atomic mass is 9.90. The Morgan fingerprint density at radius 2 is 1.81 bits per heavy atom. The second kappa shape index (κ2) is 5.31. The molecule has 0 saturated heterocycles. The van der Waals surface area contributed by atoms with Crippen LogP contribution in [-0.2, 0) is 4.79 Å². The zero-order chi connectivity index (χ0) is 12.2. The maximum absolute atomic E-state index is 11.1. The lowest BCUT2D eigenvalue weighted by Crippen LogP contribution is -2.16. The minimum Gasteiger partial charge on any atom is -0.294 e. The molecule has 0 amide bonds. The molecular weight excluding hydrogens is 220 g/mol. The first-order chi connectivity index (χ1) is 7.43. The minimum absolute atomic E-state index is 0.114. The molecule has 0 heterocycles. The fourth-order valence-corrected chi connectivity index (χ4v) is 1.73. The van der Waals surface area contributed by atoms with Crippen molar-refractivity contribution in [2.45, 2.75) is 26.7 Å². The van der Waals surface area contributed by atoms with Gasteiger partial charge in [0, 0.05) is 10.4 Å². The van der Waals surface area contributed by atoms with E-state index in [-0.39, 0.29) is 11.2 Å². The molecule has 1 aromatic carbocycles. The van der Waals surface area contributed by atoms with Crippen molar-refractivity contribution in [1.82, 2.24) is 0 Å². The molecule has 0 radical (unpaired) electrons. The van der Waals surface area contributed by atoms with Crippen LogP contribution in [0.15, 0.2) is 42.5 Å². The predicted molar refractivity (Wildman–Crippen MR) is 68.6 cm³/mol. The van der Waals surface area contributed by atoms with E-state index in [4.69, 9.17) is 11.6 Å². The molecule has 1 nitrogen and oxygen atoms in total. The van der Waals surface area contributed by atoms with Gasteiger partial charge in [-0.1, -0.05) is 50.2 Å². The van der Waals surface area contributed by atoms with Crippen molar-refractivity contribution in [3.63, 3.8) is 0 Å². The minimum atomic E-state index is -0.114. The summed E-state index contributed by atoms with van der Waals surface area (Å²) in [6.07, 6.45) is 1.87. The molecule has 1 aliphatic rings. The van der Waals surface area contributed by atoms with Crippen molar-refractivity contribution in [3.8, 4) is 0 Å². The van der Waals surface area contributed by atoms with Gasteiger partial charge in [-0.05, 0) is 30.5 Å². The summed E-state index contributed by atoms with van der Waals surface area (Å²) in [5, 5.41) is 0.794. The molecule has 0 spiro atoms. The molecule has 0 aromatic heterocycles. The Balaban J connectivity index is 0.000000165. The molecule has 1 aromatic rings. The van der Waals surface area contributed by atoms with E-state index in [1.165, 1.54) is 0 Å². The second-order valence-electron chi connectivity index (χ2n) is 4.61. The molecule has 0 N–H and O–H groups in total. The van der Waals surface area contributed by atoms with Gasteiger partial charge in [0.2, 0.25) is 0 Å². The Morgan fingerprint density at radius 3 is 2.00 bits per heavy atom. The highest BCUT2D eigenvalue weighted by molar-refractivity contribution is 6.30. The molecule has 0 unspecified atom stereocenters. The highest BCUT2D eigenvalue weighted by Crippen LogP contribution is 2.35. The number of halogens is 1. The zero-order valence-electron chi connectivity index (χ0n) is 9.79. The maximum Gasteiger partial charge on any atom is 0.163 e. The van der Waals surface area contributed by atoms with Crippen molar-refractivity contribution in [2.24, 2.45) is 5.41 Å². The van der Waals surface area contributed by atoms with Gasteiger partial charge in [0.1, 0.15) is 0 Å². The normalized spacial score (nSPS) is 17.9. The van der Waals surface area contributed by atoms with Gasteiger partial charge in [-0.25, -0.2) is 0 Å². The van der Waals surface area contributed by atoms with Crippen LogP contribution in [0.4, 0.5) is 0 Å². The number of allylic oxidation sites excluding steroid dienone is 1. The van der Waals surface area contributed by atoms with Crippen molar-refractivity contribution < 1.29 is 4.79 Å². The second-order valence-corrected chi connectivity index (χ2v) is 5.05. The first-order valence-corrected chi connectivity index (χ1v) is 5.74. The quantitative estimate of drug-likeness (QED) is 0.615. The lowest BCUT2D eigenvalue weighted by Gasteiger charge is -2.12. The number of benzene rings is 1. The third-order valence-corrected chi connectivity index (χ3v) is 2.97. The van der Waals surface area contributed by atoms with Gasteiger partial charge in [0.15, 0.2) is 5.78 Å². The molecular formula is C14H17ClO. The molecule has 2 heteroatoms. The Bertz CT molecular complexity index is 379. The highest BCUT2D eigenvalue weighted by Gasteiger charge is 2.34. The maximum atomic E-state index is 11.1. The largest absolute Gasteiger partial charge is 0.294 e. The average Bonchev–Trinajstić information content (AvgIpc) is 2.48. The standard InChI is InChI=1S/C8H12O.C6H5Cl/c1-6-4-5-8(2,3)7(6)9;7-6-4-2-1-3-5-6/h1,4-5H2,2-3H3;1-5H. The number of ketones is 1. The van der Waals surface area contributed by atoms with Crippen molar-refractivity contribution >= 4 is 17.4 Å². The topological polar surface area (TPSA) is 17.1 Å². The molecule has 0 atom stereocenters. The Hall–Kier alpha value is -1.08. The highest BCUT2D eigenvalue weighted by atomic mass is 35.5. The van der Waals surface area contributed by atoms with Crippen LogP contribution in [0.3, 0.4) is 0 Å². The Morgan fingerprint density at radius 1 is 1.25 bits per heavy atom. The summed E-state index contributed by atoms with van der Waals surface area (Å²) in [5.41, 5.74) is 0.692. The van der Waals surface area contributed by atoms with Gasteiger partial charge in [0.25, 0.3) is 0 Å². The van der Waals surface area contributed by atoms with E-state index in [1.807, 2.05) is 44.2 Å². The summed E-state index contributed by atoms with van der Waals surface area (Å²) in [6.45, 7) is 7.64. The Kier molecular flexibility index (Phi) is 4.31. The summed E-state index contributed by atoms with van der Waals surface area (Å²) < 4.78 is 0. The van der Waals surface area contributed by atoms with Crippen LogP contribution in [0.1, 0.15) is 26.7 Å². The fraction of sp³-hybridized carbons (Fsp3) is 0.357. The average molecular weight is 237 g/mol. The van der Waals surface area contributed by atoms with E-state index < -0.39 is 0 Å². The molecule has 0 aliphatic heterocycles. The van der Waals surface area contributed by atoms with Crippen LogP contribution in [0.5, 0.6) is 0 Å². The van der Waals surface area contributed by atoms with Gasteiger partial charge in [-0.2, -0.15) is 0 Å². The van der Waals surface area contributed by atoms with E-state index in [2.05, 4.69) is 6.58 Å². The fourth-order valence-electron chi connectivity index (χ4n) is 1.58. The number of hydrogen-bond donors (Lipinski definition) is 0. The van der Waals surface area contributed by atoms with Gasteiger partial charge >= 0.3 is 0 Å². The van der Waals surface area contributed by atoms with Crippen LogP contribution in [-0.4, -0.2) is 5.78 Å². The number of carbonyl (C=O) groups is 1. The summed E-state index contributed by atoms with van der Waals surface area (Å²) in [7, 11) is 0. The van der Waals surface area contributed by atoms with Crippen LogP contribution >= 0.6 is 11.6 Å². The smallest absolute Gasteiger partial charge is 0.163 e.